The molecule has 1 saturated heterocycles. The quantitative estimate of drug-likeness (QED) is 0.701. The van der Waals surface area contributed by atoms with Gasteiger partial charge in [-0.2, -0.15) is 0 Å². The van der Waals surface area contributed by atoms with Gasteiger partial charge in [0.05, 0.1) is 18.9 Å². The molecule has 2 unspecified atom stereocenters. The van der Waals surface area contributed by atoms with E-state index >= 15 is 0 Å². The van der Waals surface area contributed by atoms with Crippen LogP contribution < -0.4 is 4.74 Å². The number of methoxy groups -OCH3 is 1. The lowest BCUT2D eigenvalue weighted by atomic mass is 9.76. The Kier molecular flexibility index (Phi) is 2.40. The van der Waals surface area contributed by atoms with E-state index in [1.807, 2.05) is 18.2 Å². The lowest BCUT2D eigenvalue weighted by Gasteiger charge is -2.26. The normalized spacial score (nSPS) is 26.0. The lowest BCUT2D eigenvalue weighted by Crippen LogP contribution is -2.25. The van der Waals surface area contributed by atoms with Crippen molar-refractivity contribution in [3.63, 3.8) is 0 Å². The van der Waals surface area contributed by atoms with E-state index in [-0.39, 0.29) is 23.7 Å². The van der Waals surface area contributed by atoms with Crippen molar-refractivity contribution >= 4 is 11.8 Å². The van der Waals surface area contributed by atoms with Crippen molar-refractivity contribution in [1.29, 1.82) is 0 Å². The van der Waals surface area contributed by atoms with E-state index in [4.69, 9.17) is 4.74 Å². The fraction of sp³-hybridized carbons (Fsp3) is 0.429. The average Bonchev–Trinajstić information content (AvgIpc) is 2.63. The monoisotopic (exact) mass is 245 g/mol. The summed E-state index contributed by atoms with van der Waals surface area (Å²) in [4.78, 5) is 25.4. The Hall–Kier alpha value is -1.84. The third-order valence-corrected chi connectivity index (χ3v) is 4.08. The number of hydrogen-bond acceptors (Lipinski definition) is 3. The zero-order valence-corrected chi connectivity index (χ0v) is 10.5. The van der Waals surface area contributed by atoms with Crippen LogP contribution in [0.4, 0.5) is 0 Å². The SMILES string of the molecule is COc1cccc2c1CCC1C(=O)N(C)C(=O)C21. The van der Waals surface area contributed by atoms with Crippen molar-refractivity contribution < 1.29 is 14.3 Å². The molecule has 2 atom stereocenters. The first-order valence-corrected chi connectivity index (χ1v) is 6.12. The van der Waals surface area contributed by atoms with Crippen molar-refractivity contribution in [2.24, 2.45) is 5.92 Å². The van der Waals surface area contributed by atoms with Gasteiger partial charge in [-0.05, 0) is 30.0 Å². The molecule has 0 spiro atoms. The molecule has 1 aromatic carbocycles. The number of hydrogen-bond donors (Lipinski definition) is 0. The first-order valence-electron chi connectivity index (χ1n) is 6.12. The van der Waals surface area contributed by atoms with Gasteiger partial charge in [0.1, 0.15) is 5.75 Å². The van der Waals surface area contributed by atoms with Gasteiger partial charge in [0.25, 0.3) is 0 Å². The molecule has 0 radical (unpaired) electrons. The Morgan fingerprint density at radius 2 is 2.06 bits per heavy atom. The van der Waals surface area contributed by atoms with Crippen LogP contribution in [0.15, 0.2) is 18.2 Å². The molecule has 94 valence electrons. The number of nitrogens with zero attached hydrogens (tertiary/aromatic N) is 1. The van der Waals surface area contributed by atoms with Crippen LogP contribution in [0, 0.1) is 5.92 Å². The number of carbonyl (C=O) groups is 2. The Morgan fingerprint density at radius 1 is 1.28 bits per heavy atom. The number of likely N-dealkylation sites (tertiary alicyclic amines) is 1. The Balaban J connectivity index is 2.13. The van der Waals surface area contributed by atoms with E-state index < -0.39 is 0 Å². The second kappa shape index (κ2) is 3.83. The van der Waals surface area contributed by atoms with Crippen molar-refractivity contribution in [3.05, 3.63) is 29.3 Å². The summed E-state index contributed by atoms with van der Waals surface area (Å²) in [7, 11) is 3.21. The summed E-state index contributed by atoms with van der Waals surface area (Å²) >= 11 is 0. The molecule has 4 heteroatoms. The van der Waals surface area contributed by atoms with Crippen LogP contribution in [0.25, 0.3) is 0 Å². The molecule has 4 nitrogen and oxygen atoms in total. The van der Waals surface area contributed by atoms with E-state index in [0.29, 0.717) is 0 Å². The predicted molar refractivity (Wildman–Crippen MR) is 65.3 cm³/mol. The van der Waals surface area contributed by atoms with Gasteiger partial charge in [-0.1, -0.05) is 12.1 Å². The van der Waals surface area contributed by atoms with Gasteiger partial charge in [-0.15, -0.1) is 0 Å². The van der Waals surface area contributed by atoms with Crippen molar-refractivity contribution in [2.75, 3.05) is 14.2 Å². The second-order valence-corrected chi connectivity index (χ2v) is 4.89. The minimum Gasteiger partial charge on any atom is -0.496 e. The van der Waals surface area contributed by atoms with Crippen LogP contribution in [-0.4, -0.2) is 30.9 Å². The highest BCUT2D eigenvalue weighted by Gasteiger charge is 2.49. The predicted octanol–water partition coefficient (Wildman–Crippen LogP) is 1.34. The maximum absolute atomic E-state index is 12.2. The molecule has 1 aliphatic heterocycles. The number of amides is 2. The van der Waals surface area contributed by atoms with E-state index in [2.05, 4.69) is 0 Å². The van der Waals surface area contributed by atoms with Crippen molar-refractivity contribution in [2.45, 2.75) is 18.8 Å². The summed E-state index contributed by atoms with van der Waals surface area (Å²) < 4.78 is 5.34. The number of likely N-dealkylation sites (N-methyl/N-ethyl adjacent to an activating group) is 1. The molecule has 0 N–H and O–H groups in total. The molecule has 2 aliphatic rings. The fourth-order valence-electron chi connectivity index (χ4n) is 3.15. The van der Waals surface area contributed by atoms with Gasteiger partial charge in [0, 0.05) is 7.05 Å². The highest BCUT2D eigenvalue weighted by molar-refractivity contribution is 6.08. The Labute approximate surface area is 106 Å². The standard InChI is InChI=1S/C14H15NO3/c1-15-13(16)10-7-6-8-9(12(10)14(15)17)4-3-5-11(8)18-2/h3-5,10,12H,6-7H2,1-2H3. The molecule has 1 aliphatic carbocycles. The van der Waals surface area contributed by atoms with Crippen LogP contribution in [-0.2, 0) is 16.0 Å². The molecule has 3 rings (SSSR count). The fourth-order valence-corrected chi connectivity index (χ4v) is 3.15. The van der Waals surface area contributed by atoms with Crippen LogP contribution in [0.5, 0.6) is 5.75 Å². The van der Waals surface area contributed by atoms with Crippen molar-refractivity contribution in [1.82, 2.24) is 4.90 Å². The van der Waals surface area contributed by atoms with Crippen LogP contribution in [0.2, 0.25) is 0 Å². The maximum Gasteiger partial charge on any atom is 0.237 e. The smallest absolute Gasteiger partial charge is 0.237 e. The number of rotatable bonds is 1. The molecule has 0 bridgehead atoms. The molecule has 2 amide bonds. The summed E-state index contributed by atoms with van der Waals surface area (Å²) in [5.74, 6) is 0.210. The number of fused-ring (bicyclic) bond motifs is 3. The third kappa shape index (κ3) is 1.32. The van der Waals surface area contributed by atoms with Crippen LogP contribution >= 0.6 is 0 Å². The molecule has 1 aromatic rings. The molecular weight excluding hydrogens is 230 g/mol. The van der Waals surface area contributed by atoms with Crippen molar-refractivity contribution in [3.8, 4) is 5.75 Å². The van der Waals surface area contributed by atoms with Crippen LogP contribution in [0.3, 0.4) is 0 Å². The minimum atomic E-state index is -0.304. The summed E-state index contributed by atoms with van der Waals surface area (Å²) in [6.07, 6.45) is 1.53. The van der Waals surface area contributed by atoms with Gasteiger partial charge < -0.3 is 4.74 Å². The summed E-state index contributed by atoms with van der Waals surface area (Å²) in [5, 5.41) is 0. The molecule has 18 heavy (non-hydrogen) atoms. The Morgan fingerprint density at radius 3 is 2.78 bits per heavy atom. The second-order valence-electron chi connectivity index (χ2n) is 4.89. The number of benzene rings is 1. The molecule has 0 aromatic heterocycles. The zero-order chi connectivity index (χ0) is 12.9. The lowest BCUT2D eigenvalue weighted by molar-refractivity contribution is -0.137. The Bertz CT molecular complexity index is 538. The topological polar surface area (TPSA) is 46.6 Å². The first kappa shape index (κ1) is 11.3. The minimum absolute atomic E-state index is 0.0431. The average molecular weight is 245 g/mol. The third-order valence-electron chi connectivity index (χ3n) is 4.08. The van der Waals surface area contributed by atoms with Gasteiger partial charge in [0.15, 0.2) is 0 Å². The van der Waals surface area contributed by atoms with Gasteiger partial charge in [0.2, 0.25) is 11.8 Å². The van der Waals surface area contributed by atoms with Gasteiger partial charge in [-0.3, -0.25) is 14.5 Å². The number of ether oxygens (including phenoxy) is 1. The summed E-state index contributed by atoms with van der Waals surface area (Å²) in [6, 6.07) is 5.74. The highest BCUT2D eigenvalue weighted by Crippen LogP contribution is 2.44. The van der Waals surface area contributed by atoms with Gasteiger partial charge in [-0.25, -0.2) is 0 Å². The van der Waals surface area contributed by atoms with Gasteiger partial charge >= 0.3 is 0 Å². The largest absolute Gasteiger partial charge is 0.496 e. The molecule has 0 saturated carbocycles. The summed E-state index contributed by atoms with van der Waals surface area (Å²) in [5.41, 5.74) is 2.05. The van der Waals surface area contributed by atoms with Crippen LogP contribution in [0.1, 0.15) is 23.5 Å². The highest BCUT2D eigenvalue weighted by atomic mass is 16.5. The molecule has 1 heterocycles. The maximum atomic E-state index is 12.2. The summed E-state index contributed by atoms with van der Waals surface area (Å²) in [6.45, 7) is 0. The van der Waals surface area contributed by atoms with E-state index in [1.54, 1.807) is 14.2 Å². The number of imide groups is 1. The number of carbonyl (C=O) groups excluding carboxylic acids is 2. The first-order chi connectivity index (χ1) is 8.65. The molecule has 1 fully saturated rings. The van der Waals surface area contributed by atoms with E-state index in [9.17, 15) is 9.59 Å². The molecular formula is C14H15NO3. The van der Waals surface area contributed by atoms with E-state index in [1.165, 1.54) is 4.90 Å². The van der Waals surface area contributed by atoms with E-state index in [0.717, 1.165) is 29.7 Å². The zero-order valence-electron chi connectivity index (χ0n) is 10.5.